The SMILES string of the molecule is CCOCC(C)NC1CCN2CCCCC12. The Bertz CT molecular complexity index is 210. The Hall–Kier alpha value is -0.120. The summed E-state index contributed by atoms with van der Waals surface area (Å²) in [5.41, 5.74) is 0. The second-order valence-electron chi connectivity index (χ2n) is 5.22. The summed E-state index contributed by atoms with van der Waals surface area (Å²) in [4.78, 5) is 2.68. The van der Waals surface area contributed by atoms with Crippen LogP contribution in [0.2, 0.25) is 0 Å². The molecule has 3 unspecified atom stereocenters. The highest BCUT2D eigenvalue weighted by Crippen LogP contribution is 2.27. The van der Waals surface area contributed by atoms with Gasteiger partial charge in [0, 0.05) is 31.3 Å². The summed E-state index contributed by atoms with van der Waals surface area (Å²) in [5.74, 6) is 0. The largest absolute Gasteiger partial charge is 0.380 e. The average molecular weight is 226 g/mol. The Kier molecular flexibility index (Phi) is 4.62. The monoisotopic (exact) mass is 226 g/mol. The molecule has 2 rings (SSSR count). The Balaban J connectivity index is 1.76. The molecule has 0 radical (unpaired) electrons. The number of piperidine rings is 1. The Morgan fingerprint density at radius 1 is 1.31 bits per heavy atom. The number of ether oxygens (including phenoxy) is 1. The van der Waals surface area contributed by atoms with E-state index in [0.29, 0.717) is 12.1 Å². The number of nitrogens with zero attached hydrogens (tertiary/aromatic N) is 1. The van der Waals surface area contributed by atoms with Crippen molar-refractivity contribution >= 4 is 0 Å². The van der Waals surface area contributed by atoms with Crippen LogP contribution >= 0.6 is 0 Å². The highest BCUT2D eigenvalue weighted by molar-refractivity contribution is 4.94. The molecule has 2 fully saturated rings. The first-order chi connectivity index (χ1) is 7.81. The summed E-state index contributed by atoms with van der Waals surface area (Å²) in [7, 11) is 0. The van der Waals surface area contributed by atoms with E-state index < -0.39 is 0 Å². The predicted octanol–water partition coefficient (Wildman–Crippen LogP) is 1.63. The molecular formula is C13H26N2O. The molecular weight excluding hydrogens is 200 g/mol. The van der Waals surface area contributed by atoms with E-state index in [1.165, 1.54) is 38.8 Å². The van der Waals surface area contributed by atoms with E-state index in [9.17, 15) is 0 Å². The van der Waals surface area contributed by atoms with Gasteiger partial charge < -0.3 is 10.1 Å². The maximum Gasteiger partial charge on any atom is 0.0616 e. The second-order valence-corrected chi connectivity index (χ2v) is 5.22. The molecule has 0 aliphatic carbocycles. The van der Waals surface area contributed by atoms with Crippen molar-refractivity contribution in [3.05, 3.63) is 0 Å². The first-order valence-electron chi connectivity index (χ1n) is 6.89. The summed E-state index contributed by atoms with van der Waals surface area (Å²) in [6.07, 6.45) is 5.52. The van der Waals surface area contributed by atoms with Gasteiger partial charge in [-0.3, -0.25) is 4.90 Å². The third-order valence-corrected chi connectivity index (χ3v) is 3.93. The van der Waals surface area contributed by atoms with Gasteiger partial charge in [0.05, 0.1) is 6.61 Å². The number of fused-ring (bicyclic) bond motifs is 1. The van der Waals surface area contributed by atoms with Crippen LogP contribution in [0.3, 0.4) is 0 Å². The number of hydrogen-bond acceptors (Lipinski definition) is 3. The van der Waals surface area contributed by atoms with Gasteiger partial charge in [-0.25, -0.2) is 0 Å². The molecule has 3 heteroatoms. The van der Waals surface area contributed by atoms with E-state index in [-0.39, 0.29) is 0 Å². The van der Waals surface area contributed by atoms with Crippen LogP contribution in [0.5, 0.6) is 0 Å². The normalized spacial score (nSPS) is 32.6. The lowest BCUT2D eigenvalue weighted by Gasteiger charge is -2.33. The van der Waals surface area contributed by atoms with E-state index in [4.69, 9.17) is 4.74 Å². The molecule has 2 aliphatic heterocycles. The quantitative estimate of drug-likeness (QED) is 0.771. The van der Waals surface area contributed by atoms with Crippen molar-refractivity contribution in [2.24, 2.45) is 0 Å². The Morgan fingerprint density at radius 2 is 2.19 bits per heavy atom. The zero-order chi connectivity index (χ0) is 11.4. The van der Waals surface area contributed by atoms with Gasteiger partial charge in [0.2, 0.25) is 0 Å². The minimum atomic E-state index is 0.492. The lowest BCUT2D eigenvalue weighted by atomic mass is 9.98. The second kappa shape index (κ2) is 5.99. The highest BCUT2D eigenvalue weighted by Gasteiger charge is 2.35. The van der Waals surface area contributed by atoms with Crippen molar-refractivity contribution in [1.29, 1.82) is 0 Å². The van der Waals surface area contributed by atoms with E-state index in [0.717, 1.165) is 19.3 Å². The molecule has 0 saturated carbocycles. The maximum atomic E-state index is 5.47. The topological polar surface area (TPSA) is 24.5 Å². The van der Waals surface area contributed by atoms with Crippen LogP contribution in [0.1, 0.15) is 39.5 Å². The zero-order valence-corrected chi connectivity index (χ0v) is 10.7. The van der Waals surface area contributed by atoms with Crippen molar-refractivity contribution in [1.82, 2.24) is 10.2 Å². The standard InChI is InChI=1S/C13H26N2O/c1-3-16-10-11(2)14-12-7-9-15-8-5-4-6-13(12)15/h11-14H,3-10H2,1-2H3. The summed E-state index contributed by atoms with van der Waals surface area (Å²) in [5, 5.41) is 3.75. The van der Waals surface area contributed by atoms with E-state index in [1.807, 2.05) is 0 Å². The fourth-order valence-corrected chi connectivity index (χ4v) is 3.15. The summed E-state index contributed by atoms with van der Waals surface area (Å²) in [6.45, 7) is 8.59. The van der Waals surface area contributed by atoms with Crippen molar-refractivity contribution < 1.29 is 4.74 Å². The average Bonchev–Trinajstić information content (AvgIpc) is 2.70. The molecule has 0 aromatic carbocycles. The van der Waals surface area contributed by atoms with Crippen LogP contribution in [0.25, 0.3) is 0 Å². The predicted molar refractivity (Wildman–Crippen MR) is 66.7 cm³/mol. The van der Waals surface area contributed by atoms with Gasteiger partial charge in [-0.1, -0.05) is 6.42 Å². The van der Waals surface area contributed by atoms with Crippen LogP contribution in [0, 0.1) is 0 Å². The molecule has 16 heavy (non-hydrogen) atoms. The first-order valence-corrected chi connectivity index (χ1v) is 6.89. The molecule has 1 N–H and O–H groups in total. The third kappa shape index (κ3) is 2.96. The molecule has 0 bridgehead atoms. The van der Waals surface area contributed by atoms with Gasteiger partial charge in [0.15, 0.2) is 0 Å². The minimum Gasteiger partial charge on any atom is -0.380 e. The molecule has 0 spiro atoms. The van der Waals surface area contributed by atoms with Crippen molar-refractivity contribution in [3.8, 4) is 0 Å². The Morgan fingerprint density at radius 3 is 3.00 bits per heavy atom. The third-order valence-electron chi connectivity index (χ3n) is 3.93. The number of hydrogen-bond donors (Lipinski definition) is 1. The van der Waals surface area contributed by atoms with Gasteiger partial charge in [0.1, 0.15) is 0 Å². The molecule has 0 amide bonds. The molecule has 2 saturated heterocycles. The van der Waals surface area contributed by atoms with Gasteiger partial charge in [0.25, 0.3) is 0 Å². The van der Waals surface area contributed by atoms with Gasteiger partial charge in [-0.2, -0.15) is 0 Å². The Labute approximate surface area is 99.5 Å². The van der Waals surface area contributed by atoms with Gasteiger partial charge in [-0.05, 0) is 39.7 Å². The first kappa shape index (κ1) is 12.3. The molecule has 0 aromatic rings. The van der Waals surface area contributed by atoms with E-state index in [2.05, 4.69) is 24.1 Å². The molecule has 3 nitrogen and oxygen atoms in total. The molecule has 2 aliphatic rings. The van der Waals surface area contributed by atoms with Crippen LogP contribution < -0.4 is 5.32 Å². The zero-order valence-electron chi connectivity index (χ0n) is 10.7. The number of nitrogens with one attached hydrogen (secondary N) is 1. The molecule has 94 valence electrons. The smallest absolute Gasteiger partial charge is 0.0616 e. The van der Waals surface area contributed by atoms with Crippen LogP contribution in [-0.4, -0.2) is 49.3 Å². The van der Waals surface area contributed by atoms with Crippen LogP contribution in [0.4, 0.5) is 0 Å². The summed E-state index contributed by atoms with van der Waals surface area (Å²) < 4.78 is 5.47. The fraction of sp³-hybridized carbons (Fsp3) is 1.00. The van der Waals surface area contributed by atoms with Crippen LogP contribution in [-0.2, 0) is 4.74 Å². The van der Waals surface area contributed by atoms with Crippen LogP contribution in [0.15, 0.2) is 0 Å². The molecule has 3 atom stereocenters. The van der Waals surface area contributed by atoms with Gasteiger partial charge in [-0.15, -0.1) is 0 Å². The van der Waals surface area contributed by atoms with E-state index in [1.54, 1.807) is 0 Å². The summed E-state index contributed by atoms with van der Waals surface area (Å²) >= 11 is 0. The van der Waals surface area contributed by atoms with Crippen molar-refractivity contribution in [3.63, 3.8) is 0 Å². The highest BCUT2D eigenvalue weighted by atomic mass is 16.5. The molecule has 2 heterocycles. The lowest BCUT2D eigenvalue weighted by molar-refractivity contribution is 0.116. The van der Waals surface area contributed by atoms with E-state index >= 15 is 0 Å². The maximum absolute atomic E-state index is 5.47. The molecule has 0 aromatic heterocycles. The minimum absolute atomic E-state index is 0.492. The van der Waals surface area contributed by atoms with Crippen molar-refractivity contribution in [2.75, 3.05) is 26.3 Å². The number of rotatable bonds is 5. The summed E-state index contributed by atoms with van der Waals surface area (Å²) in [6, 6.07) is 2.00. The fourth-order valence-electron chi connectivity index (χ4n) is 3.15. The van der Waals surface area contributed by atoms with Gasteiger partial charge >= 0.3 is 0 Å². The van der Waals surface area contributed by atoms with Crippen molar-refractivity contribution in [2.45, 2.75) is 57.7 Å². The lowest BCUT2D eigenvalue weighted by Crippen LogP contribution is -2.48.